The van der Waals surface area contributed by atoms with Crippen molar-refractivity contribution in [3.05, 3.63) is 56.8 Å². The minimum Gasteiger partial charge on any atom is -0.383 e. The highest BCUT2D eigenvalue weighted by molar-refractivity contribution is 7.10. The molecule has 0 bridgehead atoms. The molecule has 1 aromatic carbocycles. The molecule has 2 aromatic rings. The van der Waals surface area contributed by atoms with Crippen LogP contribution < -0.4 is 0 Å². The fraction of sp³-hybridized carbons (Fsp3) is 0.231. The van der Waals surface area contributed by atoms with E-state index in [1.165, 1.54) is 23.5 Å². The smallest absolute Gasteiger partial charge is 0.135 e. The van der Waals surface area contributed by atoms with Gasteiger partial charge in [-0.25, -0.2) is 8.78 Å². The molecular weight excluding hydrogens is 242 g/mol. The molecule has 0 saturated heterocycles. The highest BCUT2D eigenvalue weighted by Crippen LogP contribution is 2.30. The summed E-state index contributed by atoms with van der Waals surface area (Å²) in [5.74, 6) is -1.40. The SMILES string of the molecule is Cc1cc(C(O)c2c(F)ccc(C)c2F)cs1. The fourth-order valence-electron chi connectivity index (χ4n) is 1.70. The van der Waals surface area contributed by atoms with E-state index < -0.39 is 17.7 Å². The zero-order valence-corrected chi connectivity index (χ0v) is 10.3. The Morgan fingerprint density at radius 3 is 2.53 bits per heavy atom. The third-order valence-electron chi connectivity index (χ3n) is 2.66. The van der Waals surface area contributed by atoms with Crippen molar-refractivity contribution < 1.29 is 13.9 Å². The van der Waals surface area contributed by atoms with Gasteiger partial charge in [-0.15, -0.1) is 11.3 Å². The van der Waals surface area contributed by atoms with Crippen LogP contribution in [0.4, 0.5) is 8.78 Å². The zero-order chi connectivity index (χ0) is 12.6. The van der Waals surface area contributed by atoms with Crippen molar-refractivity contribution in [2.75, 3.05) is 0 Å². The molecule has 90 valence electrons. The average molecular weight is 254 g/mol. The molecule has 0 spiro atoms. The molecule has 0 fully saturated rings. The quantitative estimate of drug-likeness (QED) is 0.866. The summed E-state index contributed by atoms with van der Waals surface area (Å²) in [6.07, 6.45) is -1.25. The highest BCUT2D eigenvalue weighted by Gasteiger charge is 2.21. The first-order valence-electron chi connectivity index (χ1n) is 5.18. The monoisotopic (exact) mass is 254 g/mol. The minimum absolute atomic E-state index is 0.275. The summed E-state index contributed by atoms with van der Waals surface area (Å²) < 4.78 is 27.4. The van der Waals surface area contributed by atoms with Crippen molar-refractivity contribution in [3.8, 4) is 0 Å². The van der Waals surface area contributed by atoms with Crippen molar-refractivity contribution in [3.63, 3.8) is 0 Å². The molecule has 1 N–H and O–H groups in total. The molecule has 0 aliphatic rings. The van der Waals surface area contributed by atoms with Gasteiger partial charge in [0, 0.05) is 4.88 Å². The summed E-state index contributed by atoms with van der Waals surface area (Å²) in [5, 5.41) is 11.7. The summed E-state index contributed by atoms with van der Waals surface area (Å²) in [6.45, 7) is 3.42. The Bertz CT molecular complexity index is 548. The van der Waals surface area contributed by atoms with Crippen LogP contribution in [0.5, 0.6) is 0 Å². The molecule has 17 heavy (non-hydrogen) atoms. The largest absolute Gasteiger partial charge is 0.383 e. The topological polar surface area (TPSA) is 20.2 Å². The number of aliphatic hydroxyl groups excluding tert-OH is 1. The van der Waals surface area contributed by atoms with Gasteiger partial charge in [0.1, 0.15) is 17.7 Å². The van der Waals surface area contributed by atoms with Crippen LogP contribution in [0.25, 0.3) is 0 Å². The maximum absolute atomic E-state index is 13.8. The second-order valence-corrected chi connectivity index (χ2v) is 5.10. The Morgan fingerprint density at radius 2 is 1.94 bits per heavy atom. The molecule has 0 aliphatic heterocycles. The maximum atomic E-state index is 13.8. The number of halogens is 2. The Hall–Kier alpha value is -1.26. The molecule has 2 rings (SSSR count). The number of aliphatic hydroxyl groups is 1. The van der Waals surface area contributed by atoms with Crippen molar-refractivity contribution in [1.29, 1.82) is 0 Å². The predicted octanol–water partition coefficient (Wildman–Crippen LogP) is 3.72. The van der Waals surface area contributed by atoms with Crippen molar-refractivity contribution in [2.24, 2.45) is 0 Å². The summed E-state index contributed by atoms with van der Waals surface area (Å²) in [5.41, 5.74) is 0.575. The third-order valence-corrected chi connectivity index (χ3v) is 3.54. The van der Waals surface area contributed by atoms with Crippen molar-refractivity contribution in [1.82, 2.24) is 0 Å². The van der Waals surface area contributed by atoms with Gasteiger partial charge in [-0.1, -0.05) is 6.07 Å². The van der Waals surface area contributed by atoms with Gasteiger partial charge in [0.25, 0.3) is 0 Å². The van der Waals surface area contributed by atoms with Crippen LogP contribution in [0.1, 0.15) is 27.7 Å². The summed E-state index contributed by atoms with van der Waals surface area (Å²) in [6, 6.07) is 4.27. The van der Waals surface area contributed by atoms with Gasteiger partial charge in [0.2, 0.25) is 0 Å². The molecule has 1 nitrogen and oxygen atoms in total. The highest BCUT2D eigenvalue weighted by atomic mass is 32.1. The Balaban J connectivity index is 2.50. The van der Waals surface area contributed by atoms with Crippen molar-refractivity contribution in [2.45, 2.75) is 20.0 Å². The van der Waals surface area contributed by atoms with Gasteiger partial charge in [-0.3, -0.25) is 0 Å². The van der Waals surface area contributed by atoms with E-state index in [1.54, 1.807) is 18.4 Å². The molecule has 0 aliphatic carbocycles. The van der Waals surface area contributed by atoms with Gasteiger partial charge >= 0.3 is 0 Å². The van der Waals surface area contributed by atoms with Gasteiger partial charge in [-0.05, 0) is 42.5 Å². The molecule has 1 unspecified atom stereocenters. The summed E-state index contributed by atoms with van der Waals surface area (Å²) in [4.78, 5) is 0.993. The van der Waals surface area contributed by atoms with Crippen LogP contribution in [-0.4, -0.2) is 5.11 Å². The summed E-state index contributed by atoms with van der Waals surface area (Å²) in [7, 11) is 0. The fourth-order valence-corrected chi connectivity index (χ4v) is 2.43. The molecule has 0 amide bonds. The number of rotatable bonds is 2. The molecule has 1 atom stereocenters. The van der Waals surface area contributed by atoms with Crippen LogP contribution in [0.3, 0.4) is 0 Å². The molecule has 1 heterocycles. The van der Waals surface area contributed by atoms with E-state index in [1.807, 2.05) is 6.92 Å². The van der Waals surface area contributed by atoms with E-state index in [0.717, 1.165) is 4.88 Å². The number of thiophene rings is 1. The molecule has 0 radical (unpaired) electrons. The third kappa shape index (κ3) is 2.23. The first-order valence-corrected chi connectivity index (χ1v) is 6.06. The number of benzene rings is 1. The van der Waals surface area contributed by atoms with E-state index in [2.05, 4.69) is 0 Å². The van der Waals surface area contributed by atoms with Crippen LogP contribution in [0.15, 0.2) is 23.6 Å². The van der Waals surface area contributed by atoms with Gasteiger partial charge in [-0.2, -0.15) is 0 Å². The zero-order valence-electron chi connectivity index (χ0n) is 9.50. The molecule has 1 aromatic heterocycles. The van der Waals surface area contributed by atoms with Crippen LogP contribution in [0, 0.1) is 25.5 Å². The Kier molecular flexibility index (Phi) is 3.26. The lowest BCUT2D eigenvalue weighted by Gasteiger charge is -2.13. The van der Waals surface area contributed by atoms with E-state index in [9.17, 15) is 13.9 Å². The predicted molar refractivity (Wildman–Crippen MR) is 64.2 cm³/mol. The van der Waals surface area contributed by atoms with E-state index in [4.69, 9.17) is 0 Å². The minimum atomic E-state index is -1.25. The number of hydrogen-bond donors (Lipinski definition) is 1. The lowest BCUT2D eigenvalue weighted by molar-refractivity contribution is 0.209. The van der Waals surface area contributed by atoms with Crippen LogP contribution in [0.2, 0.25) is 0 Å². The summed E-state index contributed by atoms with van der Waals surface area (Å²) >= 11 is 1.44. The van der Waals surface area contributed by atoms with Gasteiger partial charge < -0.3 is 5.11 Å². The average Bonchev–Trinajstić information content (AvgIpc) is 2.71. The molecule has 0 saturated carbocycles. The molecular formula is C13H12F2OS. The Morgan fingerprint density at radius 1 is 1.24 bits per heavy atom. The second kappa shape index (κ2) is 4.55. The molecule has 4 heteroatoms. The van der Waals surface area contributed by atoms with Crippen LogP contribution in [-0.2, 0) is 0 Å². The van der Waals surface area contributed by atoms with E-state index in [0.29, 0.717) is 11.1 Å². The second-order valence-electron chi connectivity index (χ2n) is 3.99. The normalized spacial score (nSPS) is 12.8. The van der Waals surface area contributed by atoms with E-state index in [-0.39, 0.29) is 5.56 Å². The van der Waals surface area contributed by atoms with E-state index >= 15 is 0 Å². The van der Waals surface area contributed by atoms with Crippen LogP contribution >= 0.6 is 11.3 Å². The maximum Gasteiger partial charge on any atom is 0.135 e. The number of aryl methyl sites for hydroxylation is 2. The van der Waals surface area contributed by atoms with Crippen molar-refractivity contribution >= 4 is 11.3 Å². The van der Waals surface area contributed by atoms with Gasteiger partial charge in [0.15, 0.2) is 0 Å². The lowest BCUT2D eigenvalue weighted by atomic mass is 10.0. The van der Waals surface area contributed by atoms with Gasteiger partial charge in [0.05, 0.1) is 5.56 Å². The first-order chi connectivity index (χ1) is 8.00. The standard InChI is InChI=1S/C13H12F2OS/c1-7-3-4-10(14)11(12(7)15)13(16)9-5-8(2)17-6-9/h3-6,13,16H,1-2H3. The lowest BCUT2D eigenvalue weighted by Crippen LogP contribution is -2.06. The Labute approximate surface area is 102 Å². The first kappa shape index (κ1) is 12.2. The number of hydrogen-bond acceptors (Lipinski definition) is 2.